The van der Waals surface area contributed by atoms with Gasteiger partial charge in [-0.2, -0.15) is 0 Å². The molecule has 0 spiro atoms. The smallest absolute Gasteiger partial charge is 0.272 e. The summed E-state index contributed by atoms with van der Waals surface area (Å²) in [7, 11) is 0. The zero-order chi connectivity index (χ0) is 33.7. The van der Waals surface area contributed by atoms with Gasteiger partial charge in [-0.25, -0.2) is 4.39 Å². The monoisotopic (exact) mass is 659 g/mol. The molecule has 0 saturated carbocycles. The predicted molar refractivity (Wildman–Crippen MR) is 189 cm³/mol. The number of halogens is 1. The maximum absolute atomic E-state index is 13.6. The van der Waals surface area contributed by atoms with Crippen LogP contribution >= 0.6 is 11.8 Å². The van der Waals surface area contributed by atoms with E-state index in [1.807, 2.05) is 49.4 Å². The summed E-state index contributed by atoms with van der Waals surface area (Å²) in [6, 6.07) is 38.4. The number of anilines is 2. The molecule has 5 aromatic carbocycles. The molecule has 0 aliphatic heterocycles. The Morgan fingerprint density at radius 1 is 0.771 bits per heavy atom. The molecule has 0 radical (unpaired) electrons. The summed E-state index contributed by atoms with van der Waals surface area (Å²) in [4.78, 5) is 40.4. The molecule has 0 aliphatic rings. The van der Waals surface area contributed by atoms with Gasteiger partial charge in [0.05, 0.1) is 5.25 Å². The fourth-order valence-corrected chi connectivity index (χ4v) is 5.61. The Balaban J connectivity index is 1.29. The number of ether oxygens (including phenoxy) is 1. The minimum Gasteiger partial charge on any atom is -0.489 e. The minimum absolute atomic E-state index is 0.0463. The summed E-state index contributed by atoms with van der Waals surface area (Å²) in [5, 5.41) is 8.03. The second-order valence-electron chi connectivity index (χ2n) is 10.7. The predicted octanol–water partition coefficient (Wildman–Crippen LogP) is 8.32. The van der Waals surface area contributed by atoms with E-state index in [1.165, 1.54) is 36.0 Å². The highest BCUT2D eigenvalue weighted by Gasteiger charge is 2.19. The first-order valence-corrected chi connectivity index (χ1v) is 16.2. The van der Waals surface area contributed by atoms with Crippen LogP contribution in [0, 0.1) is 5.82 Å². The van der Waals surface area contributed by atoms with Crippen molar-refractivity contribution in [1.82, 2.24) is 5.32 Å². The molecule has 0 saturated heterocycles. The van der Waals surface area contributed by atoms with Crippen LogP contribution < -0.4 is 20.7 Å². The molecule has 0 aromatic heterocycles. The fourth-order valence-electron chi connectivity index (χ4n) is 4.60. The zero-order valence-electron chi connectivity index (χ0n) is 26.2. The van der Waals surface area contributed by atoms with Crippen LogP contribution in [0.5, 0.6) is 5.75 Å². The third-order valence-corrected chi connectivity index (χ3v) is 8.47. The summed E-state index contributed by atoms with van der Waals surface area (Å²) in [5.74, 6) is -0.878. The summed E-state index contributed by atoms with van der Waals surface area (Å²) < 4.78 is 19.2. The number of hydrogen-bond donors (Lipinski definition) is 3. The number of nitrogens with one attached hydrogen (secondary N) is 3. The first-order chi connectivity index (χ1) is 23.4. The van der Waals surface area contributed by atoms with Crippen LogP contribution in [0.25, 0.3) is 6.08 Å². The Morgan fingerprint density at radius 3 is 2.15 bits per heavy atom. The van der Waals surface area contributed by atoms with Crippen molar-refractivity contribution >= 4 is 46.9 Å². The zero-order valence-corrected chi connectivity index (χ0v) is 27.0. The van der Waals surface area contributed by atoms with E-state index in [0.29, 0.717) is 41.3 Å². The molecule has 5 aromatic rings. The maximum atomic E-state index is 13.6. The Kier molecular flexibility index (Phi) is 11.8. The number of rotatable bonds is 13. The van der Waals surface area contributed by atoms with E-state index in [2.05, 4.69) is 16.0 Å². The van der Waals surface area contributed by atoms with Gasteiger partial charge in [-0.1, -0.05) is 73.7 Å². The third kappa shape index (κ3) is 9.91. The van der Waals surface area contributed by atoms with Crippen molar-refractivity contribution < 1.29 is 23.5 Å². The first kappa shape index (κ1) is 33.7. The topological polar surface area (TPSA) is 96.5 Å². The van der Waals surface area contributed by atoms with Gasteiger partial charge in [-0.05, 0) is 90.4 Å². The second kappa shape index (κ2) is 16.8. The lowest BCUT2D eigenvalue weighted by molar-refractivity contribution is -0.116. The minimum atomic E-state index is -0.521. The molecular formula is C39H34FN3O4S. The molecule has 1 atom stereocenters. The van der Waals surface area contributed by atoms with Gasteiger partial charge in [0.15, 0.2) is 0 Å². The van der Waals surface area contributed by atoms with Crippen molar-refractivity contribution in [3.8, 4) is 5.75 Å². The number of benzene rings is 5. The van der Waals surface area contributed by atoms with Gasteiger partial charge in [0.1, 0.15) is 23.9 Å². The van der Waals surface area contributed by atoms with Crippen LogP contribution in [0.1, 0.15) is 34.8 Å². The quantitative estimate of drug-likeness (QED) is 0.0873. The Hall–Kier alpha value is -5.67. The Labute approximate surface area is 283 Å². The molecule has 5 rings (SSSR count). The molecule has 242 valence electrons. The second-order valence-corrected chi connectivity index (χ2v) is 12.0. The number of thioether (sulfide) groups is 1. The van der Waals surface area contributed by atoms with Gasteiger partial charge in [-0.15, -0.1) is 11.8 Å². The van der Waals surface area contributed by atoms with Gasteiger partial charge in [0, 0.05) is 21.8 Å². The third-order valence-electron chi connectivity index (χ3n) is 7.11. The highest BCUT2D eigenvalue weighted by Crippen LogP contribution is 2.29. The fraction of sp³-hybridized carbons (Fsp3) is 0.103. The van der Waals surface area contributed by atoms with E-state index in [-0.39, 0.29) is 17.4 Å². The SMILES string of the molecule is CCC(Sc1cccc(NC(=O)/C(=C/c2ccc(OCc3ccccc3)cc2)NC(=O)c2ccccc2)c1)C(=O)Nc1ccc(F)cc1. The maximum Gasteiger partial charge on any atom is 0.272 e. The Morgan fingerprint density at radius 2 is 1.46 bits per heavy atom. The van der Waals surface area contributed by atoms with Crippen LogP contribution in [0.2, 0.25) is 0 Å². The van der Waals surface area contributed by atoms with Crippen molar-refractivity contribution in [3.05, 3.63) is 162 Å². The lowest BCUT2D eigenvalue weighted by atomic mass is 10.1. The van der Waals surface area contributed by atoms with Crippen LogP contribution in [0.3, 0.4) is 0 Å². The molecule has 0 fully saturated rings. The lowest BCUT2D eigenvalue weighted by Gasteiger charge is -2.16. The largest absolute Gasteiger partial charge is 0.489 e. The molecule has 1 unspecified atom stereocenters. The van der Waals surface area contributed by atoms with Gasteiger partial charge in [0.25, 0.3) is 11.8 Å². The average molecular weight is 660 g/mol. The van der Waals surface area contributed by atoms with Crippen LogP contribution in [0.4, 0.5) is 15.8 Å². The highest BCUT2D eigenvalue weighted by atomic mass is 32.2. The van der Waals surface area contributed by atoms with Gasteiger partial charge >= 0.3 is 0 Å². The van der Waals surface area contributed by atoms with Crippen molar-refractivity contribution in [1.29, 1.82) is 0 Å². The standard InChI is InChI=1S/C39H34FN3O4S/c1-2-36(39(46)41-31-20-18-30(40)19-21-31)48-34-15-9-14-32(25-34)42-38(45)35(43-37(44)29-12-7-4-8-13-29)24-27-16-22-33(23-17-27)47-26-28-10-5-3-6-11-28/h3-25,36H,2,26H2,1H3,(H,41,46)(H,42,45)(H,43,44)/b35-24-. The van der Waals surface area contributed by atoms with E-state index >= 15 is 0 Å². The van der Waals surface area contributed by atoms with Gasteiger partial charge < -0.3 is 20.7 Å². The molecule has 0 aliphatic carbocycles. The van der Waals surface area contributed by atoms with Crippen LogP contribution in [-0.4, -0.2) is 23.0 Å². The molecule has 3 amide bonds. The van der Waals surface area contributed by atoms with E-state index in [4.69, 9.17) is 4.74 Å². The van der Waals surface area contributed by atoms with E-state index < -0.39 is 17.1 Å². The lowest BCUT2D eigenvalue weighted by Crippen LogP contribution is -2.30. The Bertz CT molecular complexity index is 1870. The van der Waals surface area contributed by atoms with Crippen LogP contribution in [0.15, 0.2) is 144 Å². The average Bonchev–Trinajstić information content (AvgIpc) is 3.12. The molecule has 3 N–H and O–H groups in total. The van der Waals surface area contributed by atoms with E-state index in [1.54, 1.807) is 72.8 Å². The number of hydrogen-bond acceptors (Lipinski definition) is 5. The normalized spacial score (nSPS) is 11.7. The van der Waals surface area contributed by atoms with E-state index in [0.717, 1.165) is 10.5 Å². The molecular weight excluding hydrogens is 626 g/mol. The number of carbonyl (C=O) groups excluding carboxylic acids is 3. The molecule has 7 nitrogen and oxygen atoms in total. The van der Waals surface area contributed by atoms with Crippen molar-refractivity contribution in [2.45, 2.75) is 30.1 Å². The van der Waals surface area contributed by atoms with Gasteiger partial charge in [-0.3, -0.25) is 14.4 Å². The van der Waals surface area contributed by atoms with Crippen LogP contribution in [-0.2, 0) is 16.2 Å². The van der Waals surface area contributed by atoms with Crippen molar-refractivity contribution in [2.24, 2.45) is 0 Å². The van der Waals surface area contributed by atoms with E-state index in [9.17, 15) is 18.8 Å². The summed E-state index contributed by atoms with van der Waals surface area (Å²) >= 11 is 1.35. The first-order valence-electron chi connectivity index (χ1n) is 15.4. The molecule has 9 heteroatoms. The van der Waals surface area contributed by atoms with Crippen molar-refractivity contribution in [3.63, 3.8) is 0 Å². The number of amides is 3. The summed E-state index contributed by atoms with van der Waals surface area (Å²) in [5.41, 5.74) is 3.18. The van der Waals surface area contributed by atoms with Crippen molar-refractivity contribution in [2.75, 3.05) is 10.6 Å². The molecule has 0 heterocycles. The summed E-state index contributed by atoms with van der Waals surface area (Å²) in [6.45, 7) is 2.33. The highest BCUT2D eigenvalue weighted by molar-refractivity contribution is 8.00. The molecule has 0 bridgehead atoms. The molecule has 48 heavy (non-hydrogen) atoms. The number of carbonyl (C=O) groups is 3. The van der Waals surface area contributed by atoms with Gasteiger partial charge in [0.2, 0.25) is 5.91 Å². The summed E-state index contributed by atoms with van der Waals surface area (Å²) in [6.07, 6.45) is 2.14.